The van der Waals surface area contributed by atoms with Crippen LogP contribution in [-0.2, 0) is 0 Å². The maximum atomic E-state index is 10.1. The van der Waals surface area contributed by atoms with Gasteiger partial charge in [-0.1, -0.05) is 149 Å². The predicted molar refractivity (Wildman–Crippen MR) is 137 cm³/mol. The lowest BCUT2D eigenvalue weighted by Crippen LogP contribution is -2.45. The Morgan fingerprint density at radius 1 is 0.419 bits per heavy atom. The average Bonchev–Trinajstić information content (AvgIpc) is 2.75. The van der Waals surface area contributed by atoms with Gasteiger partial charge in [0, 0.05) is 13.0 Å². The summed E-state index contributed by atoms with van der Waals surface area (Å²) in [5, 5.41) is 23.1. The summed E-state index contributed by atoms with van der Waals surface area (Å²) < 4.78 is 0. The van der Waals surface area contributed by atoms with E-state index in [2.05, 4.69) is 19.2 Å². The Labute approximate surface area is 196 Å². The van der Waals surface area contributed by atoms with Crippen molar-refractivity contribution in [3.8, 4) is 0 Å². The fraction of sp³-hybridized carbons (Fsp3) is 1.00. The summed E-state index contributed by atoms with van der Waals surface area (Å²) in [5.74, 6) is -1.67. The molecule has 0 aliphatic heterocycles. The van der Waals surface area contributed by atoms with Gasteiger partial charge in [0.2, 0.25) is 5.91 Å². The first kappa shape index (κ1) is 30.9. The largest absolute Gasteiger partial charge is 0.353 e. The molecule has 0 aromatic heterocycles. The predicted octanol–water partition coefficient (Wildman–Crippen LogP) is 8.62. The van der Waals surface area contributed by atoms with Gasteiger partial charge in [-0.25, -0.2) is 0 Å². The lowest BCUT2D eigenvalue weighted by Gasteiger charge is -2.23. The van der Waals surface area contributed by atoms with E-state index >= 15 is 0 Å². The van der Waals surface area contributed by atoms with E-state index < -0.39 is 5.91 Å². The van der Waals surface area contributed by atoms with Crippen LogP contribution in [0.1, 0.15) is 168 Å². The van der Waals surface area contributed by atoms with Gasteiger partial charge < -0.3 is 10.2 Å². The molecule has 0 fully saturated rings. The molecule has 0 aliphatic carbocycles. The lowest BCUT2D eigenvalue weighted by atomic mass is 10.0. The molecule has 188 valence electrons. The molecule has 0 saturated heterocycles. The topological polar surface area (TPSA) is 52.5 Å². The molecule has 3 N–H and O–H groups in total. The maximum Gasteiger partial charge on any atom is 0.222 e. The van der Waals surface area contributed by atoms with Crippen LogP contribution in [0.2, 0.25) is 0 Å². The first-order valence-electron chi connectivity index (χ1n) is 14.3. The second-order valence-corrected chi connectivity index (χ2v) is 9.92. The standard InChI is InChI=1S/C28H59NO2/c1-3-5-7-9-11-13-15-16-17-18-20-22-24-26-28(30,31)29-27-25-23-21-19-14-12-10-8-6-4-2/h29-31H,3-27H2,1-2H3. The molecule has 0 aromatic rings. The van der Waals surface area contributed by atoms with Crippen LogP contribution in [0.3, 0.4) is 0 Å². The van der Waals surface area contributed by atoms with Crippen molar-refractivity contribution in [2.75, 3.05) is 6.54 Å². The highest BCUT2D eigenvalue weighted by atomic mass is 16.5. The van der Waals surface area contributed by atoms with Crippen LogP contribution in [0.5, 0.6) is 0 Å². The Bertz CT molecular complexity index is 333. The average molecular weight is 442 g/mol. The van der Waals surface area contributed by atoms with Crippen LogP contribution in [0, 0.1) is 0 Å². The number of hydrogen-bond donors (Lipinski definition) is 3. The van der Waals surface area contributed by atoms with Crippen LogP contribution < -0.4 is 5.32 Å². The fourth-order valence-corrected chi connectivity index (χ4v) is 4.38. The third-order valence-corrected chi connectivity index (χ3v) is 6.57. The van der Waals surface area contributed by atoms with E-state index in [1.807, 2.05) is 0 Å². The SMILES string of the molecule is CCCCCCCCCCCCCCCC(O)(O)NCCCCCCCCCCCC. The van der Waals surface area contributed by atoms with E-state index in [1.165, 1.54) is 128 Å². The Kier molecular flexibility index (Phi) is 24.4. The van der Waals surface area contributed by atoms with Crippen molar-refractivity contribution in [2.45, 2.75) is 174 Å². The summed E-state index contributed by atoms with van der Waals surface area (Å²) in [4.78, 5) is 0. The minimum absolute atomic E-state index is 0.447. The second-order valence-electron chi connectivity index (χ2n) is 9.92. The second kappa shape index (κ2) is 24.5. The van der Waals surface area contributed by atoms with Gasteiger partial charge in [0.1, 0.15) is 0 Å². The van der Waals surface area contributed by atoms with Crippen LogP contribution in [0.4, 0.5) is 0 Å². The van der Waals surface area contributed by atoms with Crippen LogP contribution in [0.25, 0.3) is 0 Å². The van der Waals surface area contributed by atoms with E-state index in [0.717, 1.165) is 19.3 Å². The molecule has 0 atom stereocenters. The first-order valence-corrected chi connectivity index (χ1v) is 14.3. The summed E-state index contributed by atoms with van der Waals surface area (Å²) in [7, 11) is 0. The van der Waals surface area contributed by atoms with Gasteiger partial charge in [-0.2, -0.15) is 0 Å². The summed E-state index contributed by atoms with van der Waals surface area (Å²) in [6.07, 6.45) is 30.6. The zero-order chi connectivity index (χ0) is 22.9. The molecule has 0 bridgehead atoms. The Morgan fingerprint density at radius 2 is 0.710 bits per heavy atom. The summed E-state index contributed by atoms with van der Waals surface area (Å²) in [5.41, 5.74) is 0. The van der Waals surface area contributed by atoms with Gasteiger partial charge in [0.05, 0.1) is 0 Å². The Morgan fingerprint density at radius 3 is 1.06 bits per heavy atom. The molecule has 0 saturated carbocycles. The van der Waals surface area contributed by atoms with Gasteiger partial charge in [-0.05, 0) is 12.8 Å². The van der Waals surface area contributed by atoms with Crippen LogP contribution >= 0.6 is 0 Å². The van der Waals surface area contributed by atoms with Crippen LogP contribution in [-0.4, -0.2) is 22.7 Å². The highest BCUT2D eigenvalue weighted by Gasteiger charge is 2.20. The van der Waals surface area contributed by atoms with Crippen molar-refractivity contribution in [3.63, 3.8) is 0 Å². The fourth-order valence-electron chi connectivity index (χ4n) is 4.38. The van der Waals surface area contributed by atoms with Gasteiger partial charge in [-0.3, -0.25) is 5.32 Å². The van der Waals surface area contributed by atoms with Crippen molar-refractivity contribution in [1.29, 1.82) is 0 Å². The molecule has 3 nitrogen and oxygen atoms in total. The van der Waals surface area contributed by atoms with E-state index in [1.54, 1.807) is 0 Å². The zero-order valence-electron chi connectivity index (χ0n) is 21.6. The Hall–Kier alpha value is -0.120. The monoisotopic (exact) mass is 441 g/mol. The molecular weight excluding hydrogens is 382 g/mol. The molecule has 0 aromatic carbocycles. The van der Waals surface area contributed by atoms with E-state index in [4.69, 9.17) is 0 Å². The highest BCUT2D eigenvalue weighted by Crippen LogP contribution is 2.15. The minimum atomic E-state index is -1.67. The summed E-state index contributed by atoms with van der Waals surface area (Å²) in [6, 6.07) is 0. The van der Waals surface area contributed by atoms with Crippen molar-refractivity contribution >= 4 is 0 Å². The summed E-state index contributed by atoms with van der Waals surface area (Å²) >= 11 is 0. The van der Waals surface area contributed by atoms with Crippen LogP contribution in [0.15, 0.2) is 0 Å². The van der Waals surface area contributed by atoms with E-state index in [9.17, 15) is 10.2 Å². The molecule has 0 spiro atoms. The zero-order valence-corrected chi connectivity index (χ0v) is 21.6. The molecule has 0 heterocycles. The van der Waals surface area contributed by atoms with Crippen molar-refractivity contribution in [1.82, 2.24) is 5.32 Å². The number of nitrogens with one attached hydrogen (secondary N) is 1. The molecular formula is C28H59NO2. The maximum absolute atomic E-state index is 10.1. The quantitative estimate of drug-likeness (QED) is 0.0930. The molecule has 0 unspecified atom stereocenters. The Balaban J connectivity index is 3.29. The molecule has 0 radical (unpaired) electrons. The van der Waals surface area contributed by atoms with E-state index in [-0.39, 0.29) is 0 Å². The van der Waals surface area contributed by atoms with Crippen molar-refractivity contribution < 1.29 is 10.2 Å². The number of aliphatic hydroxyl groups is 2. The number of unbranched alkanes of at least 4 members (excludes halogenated alkanes) is 21. The van der Waals surface area contributed by atoms with Crippen molar-refractivity contribution in [2.24, 2.45) is 0 Å². The number of hydrogen-bond acceptors (Lipinski definition) is 3. The smallest absolute Gasteiger partial charge is 0.222 e. The molecule has 3 heteroatoms. The third-order valence-electron chi connectivity index (χ3n) is 6.57. The van der Waals surface area contributed by atoms with Gasteiger partial charge >= 0.3 is 0 Å². The highest BCUT2D eigenvalue weighted by molar-refractivity contribution is 4.63. The van der Waals surface area contributed by atoms with Gasteiger partial charge in [0.25, 0.3) is 0 Å². The van der Waals surface area contributed by atoms with Crippen molar-refractivity contribution in [3.05, 3.63) is 0 Å². The summed E-state index contributed by atoms with van der Waals surface area (Å²) in [6.45, 7) is 5.25. The molecule has 0 rings (SSSR count). The molecule has 31 heavy (non-hydrogen) atoms. The van der Waals surface area contributed by atoms with Gasteiger partial charge in [0.15, 0.2) is 0 Å². The lowest BCUT2D eigenvalue weighted by molar-refractivity contribution is -0.190. The minimum Gasteiger partial charge on any atom is -0.353 e. The number of rotatable bonds is 26. The molecule has 0 aliphatic rings. The third kappa shape index (κ3) is 26.0. The first-order chi connectivity index (χ1) is 15.1. The van der Waals surface area contributed by atoms with E-state index in [0.29, 0.717) is 13.0 Å². The van der Waals surface area contributed by atoms with Gasteiger partial charge in [-0.15, -0.1) is 0 Å². The normalized spacial score (nSPS) is 12.0. The molecule has 0 amide bonds.